The van der Waals surface area contributed by atoms with Crippen molar-refractivity contribution in [3.05, 3.63) is 134 Å². The van der Waals surface area contributed by atoms with Gasteiger partial charge in [-0.05, 0) is 96.3 Å². The smallest absolute Gasteiger partial charge is 0.361 e. The molecule has 0 saturated carbocycles. The number of ether oxygens (including phenoxy) is 4. The molecule has 0 radical (unpaired) electrons. The van der Waals surface area contributed by atoms with Crippen LogP contribution in [0.5, 0.6) is 0 Å². The fraction of sp³-hybridized carbons (Fsp3) is 0.684. The van der Waals surface area contributed by atoms with Crippen molar-refractivity contribution in [3.8, 4) is 0 Å². The first kappa shape index (κ1) is 83.4. The predicted octanol–water partition coefficient (Wildman–Crippen LogP) is 22.5. The molecule has 0 spiro atoms. The van der Waals surface area contributed by atoms with Gasteiger partial charge in [0.2, 0.25) is 0 Å². The normalized spacial score (nSPS) is 13.5. The average molecular weight is 1230 g/mol. The fourth-order valence-electron chi connectivity index (χ4n) is 9.73. The average Bonchev–Trinajstić information content (AvgIpc) is 3.52. The Balaban J connectivity index is 4.20. The molecule has 0 aromatic heterocycles. The number of quaternary nitrogens is 1. The van der Waals surface area contributed by atoms with Crippen LogP contribution in [0.3, 0.4) is 0 Å². The van der Waals surface area contributed by atoms with Crippen LogP contribution in [0.1, 0.15) is 290 Å². The minimum Gasteiger partial charge on any atom is -0.477 e. The lowest BCUT2D eigenvalue weighted by Gasteiger charge is -2.25. The SMILES string of the molecule is CC/C=C\C/C=C\C/C=C\C/C=C\C/C=C\C/C=C\C/C=C\C/C=C\C/C=C\C/C=C\C/C=C\CCCCCCCC(=O)OC(COC(=O)CCCCCCCCCCCCCCCCCCCCCCCCCC)COC(OCC[N+](C)(C)C)C(=O)O. The zero-order chi connectivity index (χ0) is 64.0. The Morgan fingerprint density at radius 2 is 0.648 bits per heavy atom. The maximum Gasteiger partial charge on any atom is 0.361 e. The number of nitrogens with zero attached hydrogens (tertiary/aromatic N) is 1. The van der Waals surface area contributed by atoms with E-state index >= 15 is 0 Å². The number of carboxylic acids is 1. The van der Waals surface area contributed by atoms with Crippen molar-refractivity contribution in [2.45, 2.75) is 302 Å². The molecule has 0 amide bonds. The Morgan fingerprint density at radius 1 is 0.352 bits per heavy atom. The van der Waals surface area contributed by atoms with Gasteiger partial charge in [0.15, 0.2) is 6.10 Å². The number of allylic oxidation sites excluding steroid dienone is 22. The van der Waals surface area contributed by atoms with E-state index in [1.54, 1.807) is 0 Å². The largest absolute Gasteiger partial charge is 0.477 e. The topological polar surface area (TPSA) is 108 Å². The molecule has 0 aromatic rings. The molecule has 0 aliphatic rings. The number of carbonyl (C=O) groups is 3. The van der Waals surface area contributed by atoms with Crippen molar-refractivity contribution in [2.75, 3.05) is 47.5 Å². The van der Waals surface area contributed by atoms with Gasteiger partial charge in [-0.15, -0.1) is 0 Å². The van der Waals surface area contributed by atoms with E-state index in [1.807, 2.05) is 21.1 Å². The third-order valence-electron chi connectivity index (χ3n) is 15.2. The Morgan fingerprint density at radius 3 is 0.966 bits per heavy atom. The number of unbranched alkanes of at least 4 members (excludes halogenated alkanes) is 28. The molecule has 88 heavy (non-hydrogen) atoms. The van der Waals surface area contributed by atoms with Crippen molar-refractivity contribution < 1.29 is 42.9 Å². The standard InChI is InChI=1S/C79H133NO8/c1-6-8-10-12-14-16-18-20-22-24-26-28-30-32-33-34-35-36-37-38-39-40-41-42-43-44-45-46-48-50-52-54-56-58-60-62-64-66-68-70-77(82)88-75(74-87-79(78(83)84)85-72-71-80(3,4)5)73-86-76(81)69-67-65-63-61-59-57-55-53-51-49-47-31-29-27-25-23-21-19-17-15-13-11-9-7-2/h8,10,14,16,20,22,26,28,32-33,35-36,38-39,41-42,44-45,48,50,54,56,75,79H,6-7,9,11-13,15,17-19,21,23-25,27,29-31,34,37,40,43,46-47,49,51-53,55,57-74H2,1-5H3/p+1/b10-8-,16-14-,22-20-,28-26-,33-32-,36-35-,39-38-,42-41-,45-44-,50-48-,56-54-. The summed E-state index contributed by atoms with van der Waals surface area (Å²) in [5, 5.41) is 9.75. The number of hydrogen-bond acceptors (Lipinski definition) is 7. The van der Waals surface area contributed by atoms with Gasteiger partial charge >= 0.3 is 17.9 Å². The van der Waals surface area contributed by atoms with Crippen molar-refractivity contribution in [3.63, 3.8) is 0 Å². The number of hydrogen-bond donors (Lipinski definition) is 1. The monoisotopic (exact) mass is 1230 g/mol. The van der Waals surface area contributed by atoms with Gasteiger partial charge in [0.1, 0.15) is 13.2 Å². The van der Waals surface area contributed by atoms with E-state index in [1.165, 1.54) is 135 Å². The summed E-state index contributed by atoms with van der Waals surface area (Å²) in [4.78, 5) is 37.6. The highest BCUT2D eigenvalue weighted by molar-refractivity contribution is 5.71. The van der Waals surface area contributed by atoms with Gasteiger partial charge in [0.05, 0.1) is 34.4 Å². The molecule has 9 nitrogen and oxygen atoms in total. The van der Waals surface area contributed by atoms with Gasteiger partial charge in [-0.25, -0.2) is 4.79 Å². The summed E-state index contributed by atoms with van der Waals surface area (Å²) < 4.78 is 23.0. The van der Waals surface area contributed by atoms with Crippen LogP contribution in [0.25, 0.3) is 0 Å². The second kappa shape index (κ2) is 68.3. The minimum absolute atomic E-state index is 0.179. The number of esters is 2. The Hall–Kier alpha value is -4.57. The summed E-state index contributed by atoms with van der Waals surface area (Å²) >= 11 is 0. The third-order valence-corrected chi connectivity index (χ3v) is 15.2. The summed E-state index contributed by atoms with van der Waals surface area (Å²) in [6.45, 7) is 4.76. The van der Waals surface area contributed by atoms with Crippen molar-refractivity contribution >= 4 is 17.9 Å². The van der Waals surface area contributed by atoms with Crippen LogP contribution >= 0.6 is 0 Å². The maximum absolute atomic E-state index is 12.9. The van der Waals surface area contributed by atoms with Gasteiger partial charge in [-0.3, -0.25) is 9.59 Å². The first-order valence-corrected chi connectivity index (χ1v) is 35.8. The van der Waals surface area contributed by atoms with Crippen LogP contribution in [0.2, 0.25) is 0 Å². The zero-order valence-electron chi connectivity index (χ0n) is 57.3. The van der Waals surface area contributed by atoms with Gasteiger partial charge in [0, 0.05) is 12.8 Å². The summed E-state index contributed by atoms with van der Waals surface area (Å²) in [5.41, 5.74) is 0. The van der Waals surface area contributed by atoms with Crippen LogP contribution in [0.15, 0.2) is 134 Å². The van der Waals surface area contributed by atoms with E-state index in [2.05, 4.69) is 148 Å². The molecule has 0 heterocycles. The molecule has 9 heteroatoms. The molecule has 2 unspecified atom stereocenters. The second-order valence-electron chi connectivity index (χ2n) is 24.8. The summed E-state index contributed by atoms with van der Waals surface area (Å²) in [5.74, 6) is -2.03. The number of aliphatic carboxylic acids is 1. The molecule has 0 fully saturated rings. The quantitative estimate of drug-likeness (QED) is 0.0211. The lowest BCUT2D eigenvalue weighted by molar-refractivity contribution is -0.870. The highest BCUT2D eigenvalue weighted by atomic mass is 16.7. The molecule has 0 aliphatic heterocycles. The highest BCUT2D eigenvalue weighted by Gasteiger charge is 2.25. The van der Waals surface area contributed by atoms with Crippen molar-refractivity contribution in [2.24, 2.45) is 0 Å². The molecule has 0 rings (SSSR count). The first-order valence-electron chi connectivity index (χ1n) is 35.8. The molecule has 1 N–H and O–H groups in total. The van der Waals surface area contributed by atoms with Gasteiger partial charge in [-0.1, -0.05) is 314 Å². The van der Waals surface area contributed by atoms with Crippen LogP contribution in [-0.4, -0.2) is 87.4 Å². The van der Waals surface area contributed by atoms with E-state index in [-0.39, 0.29) is 32.2 Å². The fourth-order valence-corrected chi connectivity index (χ4v) is 9.73. The maximum atomic E-state index is 12.9. The van der Waals surface area contributed by atoms with E-state index in [4.69, 9.17) is 18.9 Å². The Labute approximate surface area is 541 Å². The molecular formula is C79H134NO8+. The zero-order valence-corrected chi connectivity index (χ0v) is 57.3. The summed E-state index contributed by atoms with van der Waals surface area (Å²) in [6.07, 6.45) is 95.6. The highest BCUT2D eigenvalue weighted by Crippen LogP contribution is 2.17. The van der Waals surface area contributed by atoms with Gasteiger partial charge < -0.3 is 28.5 Å². The van der Waals surface area contributed by atoms with E-state index in [0.29, 0.717) is 23.9 Å². The lowest BCUT2D eigenvalue weighted by Crippen LogP contribution is -2.40. The summed E-state index contributed by atoms with van der Waals surface area (Å²) in [7, 11) is 5.97. The van der Waals surface area contributed by atoms with E-state index in [0.717, 1.165) is 122 Å². The lowest BCUT2D eigenvalue weighted by atomic mass is 10.0. The molecule has 0 saturated heterocycles. The van der Waals surface area contributed by atoms with Gasteiger partial charge in [0.25, 0.3) is 6.29 Å². The van der Waals surface area contributed by atoms with Crippen LogP contribution in [-0.2, 0) is 33.3 Å². The number of likely N-dealkylation sites (N-methyl/N-ethyl adjacent to an activating group) is 1. The molecular weight excluding hydrogens is 1090 g/mol. The number of rotatable bonds is 65. The van der Waals surface area contributed by atoms with Crippen molar-refractivity contribution in [1.82, 2.24) is 0 Å². The summed E-state index contributed by atoms with van der Waals surface area (Å²) in [6, 6.07) is 0. The minimum atomic E-state index is -1.52. The van der Waals surface area contributed by atoms with E-state index < -0.39 is 24.3 Å². The number of carboxylic acid groups (broad SMARTS) is 1. The van der Waals surface area contributed by atoms with Crippen LogP contribution in [0.4, 0.5) is 0 Å². The van der Waals surface area contributed by atoms with E-state index in [9.17, 15) is 19.5 Å². The molecule has 0 aliphatic carbocycles. The molecule has 502 valence electrons. The van der Waals surface area contributed by atoms with Crippen LogP contribution < -0.4 is 0 Å². The van der Waals surface area contributed by atoms with Crippen LogP contribution in [0, 0.1) is 0 Å². The number of carbonyl (C=O) groups excluding carboxylic acids is 2. The Kier molecular flexibility index (Phi) is 64.8. The Bertz CT molecular complexity index is 1910. The second-order valence-corrected chi connectivity index (χ2v) is 24.8. The molecule has 0 bridgehead atoms. The predicted molar refractivity (Wildman–Crippen MR) is 377 cm³/mol. The van der Waals surface area contributed by atoms with Crippen molar-refractivity contribution in [1.29, 1.82) is 0 Å². The molecule has 2 atom stereocenters. The first-order chi connectivity index (χ1) is 43.1. The third kappa shape index (κ3) is 68.9. The van der Waals surface area contributed by atoms with Gasteiger partial charge in [-0.2, -0.15) is 0 Å². The molecule has 0 aromatic carbocycles.